The van der Waals surface area contributed by atoms with Crippen molar-refractivity contribution < 1.29 is 50.9 Å². The van der Waals surface area contributed by atoms with Crippen LogP contribution in [0, 0.1) is 5.41 Å². The summed E-state index contributed by atoms with van der Waals surface area (Å²) in [6.07, 6.45) is -5.51. The minimum absolute atomic E-state index is 0.0568. The predicted octanol–water partition coefficient (Wildman–Crippen LogP) is 0.344. The lowest BCUT2D eigenvalue weighted by Gasteiger charge is -2.33. The first-order chi connectivity index (χ1) is 22.2. The molecule has 4 aromatic rings. The fraction of sp³-hybridized carbons (Fsp3) is 0.565. The van der Waals surface area contributed by atoms with E-state index in [1.54, 1.807) is 0 Å². The summed E-state index contributed by atoms with van der Waals surface area (Å²) in [5.41, 5.74) is 9.63. The van der Waals surface area contributed by atoms with Crippen LogP contribution in [0.15, 0.2) is 23.8 Å². The molecule has 0 spiro atoms. The molecule has 47 heavy (non-hydrogen) atoms. The number of hydrogen-bond acceptors (Lipinski definition) is 16. The van der Waals surface area contributed by atoms with Crippen molar-refractivity contribution in [3.05, 3.63) is 29.3 Å². The Kier molecular flexibility index (Phi) is 7.75. The van der Waals surface area contributed by atoms with Gasteiger partial charge in [0.05, 0.1) is 31.9 Å². The molecule has 2 bridgehead atoms. The van der Waals surface area contributed by atoms with Crippen molar-refractivity contribution in [2.45, 2.75) is 56.2 Å². The quantitative estimate of drug-likeness (QED) is 0.180. The van der Waals surface area contributed by atoms with Gasteiger partial charge in [0.25, 0.3) is 5.56 Å². The second-order valence-electron chi connectivity index (χ2n) is 11.6. The van der Waals surface area contributed by atoms with Crippen molar-refractivity contribution in [2.24, 2.45) is 5.41 Å². The van der Waals surface area contributed by atoms with Gasteiger partial charge in [-0.25, -0.2) is 33.5 Å². The largest absolute Gasteiger partial charge is 0.472 e. The molecule has 6 heterocycles. The van der Waals surface area contributed by atoms with Crippen LogP contribution in [0.25, 0.3) is 22.3 Å². The maximum atomic E-state index is 16.3. The molecule has 3 fully saturated rings. The molecule has 2 aliphatic heterocycles. The number of alkyl halides is 1. The van der Waals surface area contributed by atoms with Crippen LogP contribution in [0.1, 0.15) is 25.6 Å². The highest BCUT2D eigenvalue weighted by molar-refractivity contribution is 7.47. The van der Waals surface area contributed by atoms with E-state index in [-0.39, 0.29) is 40.5 Å². The molecule has 7 rings (SSSR count). The summed E-state index contributed by atoms with van der Waals surface area (Å²) in [7, 11) is -8.88. The number of halogens is 1. The Morgan fingerprint density at radius 2 is 1.79 bits per heavy atom. The number of aromatic nitrogens is 8. The number of phosphoric ester groups is 2. The van der Waals surface area contributed by atoms with E-state index in [1.807, 2.05) is 0 Å². The van der Waals surface area contributed by atoms with E-state index in [1.165, 1.54) is 42.1 Å². The highest BCUT2D eigenvalue weighted by Crippen LogP contribution is 2.59. The zero-order chi connectivity index (χ0) is 33.5. The number of aromatic amines is 1. The van der Waals surface area contributed by atoms with Gasteiger partial charge in [0, 0.05) is 12.5 Å². The number of fused-ring (bicyclic) bond motifs is 5. The number of nitrogens with two attached hydrogens (primary N) is 2. The Morgan fingerprint density at radius 3 is 2.55 bits per heavy atom. The fourth-order valence-corrected chi connectivity index (χ4v) is 8.44. The van der Waals surface area contributed by atoms with Crippen LogP contribution in [0.3, 0.4) is 0 Å². The minimum Gasteiger partial charge on any atom is -0.382 e. The number of phosphoric acid groups is 2. The Bertz CT molecular complexity index is 2010. The van der Waals surface area contributed by atoms with E-state index in [9.17, 15) is 23.7 Å². The molecule has 1 saturated carbocycles. The molecule has 7 N–H and O–H groups in total. The van der Waals surface area contributed by atoms with Crippen LogP contribution in [0.2, 0.25) is 0 Å². The summed E-state index contributed by atoms with van der Waals surface area (Å²) in [5.74, 6) is -0.190. The fourth-order valence-electron chi connectivity index (χ4n) is 6.33. The van der Waals surface area contributed by atoms with Crippen molar-refractivity contribution in [3.8, 4) is 0 Å². The SMILES string of the molecule is CO[C@H]1[C@H]2OP(=O)(O)OC[C@@]3(C)C[C@@H](n4cnc5c(N)ncnc54)[C@@H](F)[C@@H]3OP(=O)(O)OC[C@H]1O[C@H]2n1cnc2c(=O)[nH]c(N)nc21. The van der Waals surface area contributed by atoms with Gasteiger partial charge >= 0.3 is 15.6 Å². The van der Waals surface area contributed by atoms with E-state index in [2.05, 4.69) is 29.9 Å². The monoisotopic (exact) mass is 702 g/mol. The lowest BCUT2D eigenvalue weighted by molar-refractivity contribution is -0.0661. The zero-order valence-corrected chi connectivity index (χ0v) is 26.3. The first kappa shape index (κ1) is 32.1. The molecule has 1 aliphatic carbocycles. The number of imidazole rings is 2. The topological polar surface area (TPSA) is 289 Å². The van der Waals surface area contributed by atoms with E-state index >= 15 is 4.39 Å². The Balaban J connectivity index is 1.24. The molecule has 0 aromatic carbocycles. The maximum Gasteiger partial charge on any atom is 0.472 e. The van der Waals surface area contributed by atoms with Gasteiger partial charge in [0.1, 0.15) is 42.4 Å². The van der Waals surface area contributed by atoms with Crippen LogP contribution < -0.4 is 17.0 Å². The highest BCUT2D eigenvalue weighted by Gasteiger charge is 2.58. The number of ether oxygens (including phenoxy) is 2. The second kappa shape index (κ2) is 11.3. The first-order valence-corrected chi connectivity index (χ1v) is 17.0. The number of methoxy groups -OCH3 is 1. The molecule has 254 valence electrons. The summed E-state index contributed by atoms with van der Waals surface area (Å²) < 4.78 is 79.0. The number of rotatable bonds is 3. The van der Waals surface area contributed by atoms with Gasteiger partial charge in [-0.3, -0.25) is 32.4 Å². The van der Waals surface area contributed by atoms with Crippen molar-refractivity contribution in [1.29, 1.82) is 0 Å². The smallest absolute Gasteiger partial charge is 0.382 e. The summed E-state index contributed by atoms with van der Waals surface area (Å²) >= 11 is 0. The first-order valence-electron chi connectivity index (χ1n) is 14.0. The second-order valence-corrected chi connectivity index (χ2v) is 14.4. The van der Waals surface area contributed by atoms with Gasteiger partial charge in [0.2, 0.25) is 5.95 Å². The highest BCUT2D eigenvalue weighted by atomic mass is 31.2. The van der Waals surface area contributed by atoms with Crippen LogP contribution in [0.5, 0.6) is 0 Å². The van der Waals surface area contributed by atoms with Gasteiger partial charge < -0.3 is 35.3 Å². The maximum absolute atomic E-state index is 16.3. The molecule has 3 aliphatic rings. The number of hydrogen-bond donors (Lipinski definition) is 5. The molecule has 2 saturated heterocycles. The third-order valence-electron chi connectivity index (χ3n) is 8.51. The molecule has 4 aromatic heterocycles. The van der Waals surface area contributed by atoms with Crippen molar-refractivity contribution in [3.63, 3.8) is 0 Å². The standard InChI is InChI=1S/C23H29FN10O11P2/c1-23-3-9(33-7-29-12-17(25)27-6-28-18(12)33)11(24)16(23)45-46(36,37)41-4-10-14(40-2)15(44-47(38,39)42-5-23)21(43-10)34-8-30-13-19(34)31-22(26)32-20(13)35/h6-11,14-16,21H,3-5H2,1-2H3,(H,36,37)(H,38,39)(H2,25,27,28)(H3,26,31,32,35)/t9-,10-,11-,14-,15-,16+,21-,23-/m1/s1. The van der Waals surface area contributed by atoms with E-state index in [0.29, 0.717) is 0 Å². The van der Waals surface area contributed by atoms with Gasteiger partial charge in [-0.1, -0.05) is 6.92 Å². The van der Waals surface area contributed by atoms with Crippen molar-refractivity contribution in [2.75, 3.05) is 31.8 Å². The molecule has 10 atom stereocenters. The van der Waals surface area contributed by atoms with Crippen molar-refractivity contribution >= 4 is 49.7 Å². The number of nitrogens with one attached hydrogen (secondary N) is 1. The average molecular weight is 702 g/mol. The van der Waals surface area contributed by atoms with Crippen LogP contribution >= 0.6 is 15.6 Å². The Labute approximate surface area is 262 Å². The lowest BCUT2D eigenvalue weighted by Crippen LogP contribution is -2.38. The Hall–Kier alpha value is -3.43. The molecular weight excluding hydrogens is 673 g/mol. The minimum atomic E-state index is -5.06. The van der Waals surface area contributed by atoms with Crippen LogP contribution in [0.4, 0.5) is 16.2 Å². The predicted molar refractivity (Wildman–Crippen MR) is 155 cm³/mol. The molecule has 24 heteroatoms. The summed E-state index contributed by atoms with van der Waals surface area (Å²) in [4.78, 5) is 56.8. The normalized spacial score (nSPS) is 38.2. The molecular formula is C23H29FN10O11P2. The van der Waals surface area contributed by atoms with E-state index in [4.69, 9.17) is 39.0 Å². The van der Waals surface area contributed by atoms with Gasteiger partial charge in [0.15, 0.2) is 28.9 Å². The van der Waals surface area contributed by atoms with Gasteiger partial charge in [-0.2, -0.15) is 4.98 Å². The number of anilines is 2. The number of nitrogens with zero attached hydrogens (tertiary/aromatic N) is 7. The van der Waals surface area contributed by atoms with E-state index < -0.39 is 82.7 Å². The zero-order valence-electron chi connectivity index (χ0n) is 24.5. The van der Waals surface area contributed by atoms with Gasteiger partial charge in [-0.05, 0) is 6.42 Å². The number of nitrogen functional groups attached to an aromatic ring is 2. The number of H-pyrrole nitrogens is 1. The molecule has 21 nitrogen and oxygen atoms in total. The van der Waals surface area contributed by atoms with Crippen LogP contribution in [-0.4, -0.2) is 99.7 Å². The summed E-state index contributed by atoms with van der Waals surface area (Å²) in [5, 5.41) is 0. The third kappa shape index (κ3) is 5.53. The Morgan fingerprint density at radius 1 is 1.06 bits per heavy atom. The molecule has 2 unspecified atom stereocenters. The molecule has 0 amide bonds. The summed E-state index contributed by atoms with van der Waals surface area (Å²) in [6, 6.07) is -1.10. The molecule has 0 radical (unpaired) electrons. The third-order valence-corrected chi connectivity index (χ3v) is 10.4. The lowest BCUT2D eigenvalue weighted by atomic mass is 9.87. The van der Waals surface area contributed by atoms with E-state index in [0.717, 1.165) is 0 Å². The average Bonchev–Trinajstić information content (AvgIpc) is 3.75. The van der Waals surface area contributed by atoms with Crippen LogP contribution in [-0.2, 0) is 36.7 Å². The van der Waals surface area contributed by atoms with Crippen molar-refractivity contribution in [1.82, 2.24) is 39.0 Å². The van der Waals surface area contributed by atoms with Gasteiger partial charge in [-0.15, -0.1) is 0 Å². The summed E-state index contributed by atoms with van der Waals surface area (Å²) in [6.45, 7) is 0.0781.